The molecule has 0 radical (unpaired) electrons. The number of amides is 1. The molecule has 6 heteroatoms. The fourth-order valence-corrected chi connectivity index (χ4v) is 1.94. The number of nitrogens with one attached hydrogen (secondary N) is 1. The van der Waals surface area contributed by atoms with Gasteiger partial charge in [-0.3, -0.25) is 9.59 Å². The van der Waals surface area contributed by atoms with Crippen LogP contribution in [-0.4, -0.2) is 36.7 Å². The Morgan fingerprint density at radius 2 is 1.90 bits per heavy atom. The van der Waals surface area contributed by atoms with Crippen molar-refractivity contribution >= 4 is 11.9 Å². The van der Waals surface area contributed by atoms with E-state index < -0.39 is 17.9 Å². The number of aliphatic carboxylic acids is 1. The lowest BCUT2D eigenvalue weighted by Gasteiger charge is -2.26. The summed E-state index contributed by atoms with van der Waals surface area (Å²) in [5.41, 5.74) is -0.115. The van der Waals surface area contributed by atoms with Gasteiger partial charge in [0.05, 0.1) is 5.41 Å². The molecule has 1 aliphatic rings. The molecule has 1 aromatic rings. The van der Waals surface area contributed by atoms with Gasteiger partial charge in [-0.05, 0) is 31.5 Å². The summed E-state index contributed by atoms with van der Waals surface area (Å²) in [5.74, 6) is -0.164. The molecule has 0 spiro atoms. The molecule has 0 bridgehead atoms. The van der Waals surface area contributed by atoms with E-state index in [1.165, 1.54) is 0 Å². The van der Waals surface area contributed by atoms with Gasteiger partial charge in [0.1, 0.15) is 19.8 Å². The fourth-order valence-electron chi connectivity index (χ4n) is 1.94. The Balaban J connectivity index is 2.20. The summed E-state index contributed by atoms with van der Waals surface area (Å²) in [6.07, 6.45) is 0. The summed E-state index contributed by atoms with van der Waals surface area (Å²) in [4.78, 5) is 22.6. The zero-order chi connectivity index (χ0) is 14.8. The molecule has 1 heterocycles. The van der Waals surface area contributed by atoms with Crippen LogP contribution in [0.3, 0.4) is 0 Å². The van der Waals surface area contributed by atoms with Gasteiger partial charge >= 0.3 is 5.97 Å². The van der Waals surface area contributed by atoms with Crippen LogP contribution in [0.15, 0.2) is 18.2 Å². The van der Waals surface area contributed by atoms with Crippen LogP contribution in [0.5, 0.6) is 11.5 Å². The predicted molar refractivity (Wildman–Crippen MR) is 71.1 cm³/mol. The number of carboxylic acid groups (broad SMARTS) is 1. The molecule has 2 rings (SSSR count). The first kappa shape index (κ1) is 14.2. The molecule has 0 aromatic heterocycles. The van der Waals surface area contributed by atoms with Crippen LogP contribution < -0.4 is 14.8 Å². The zero-order valence-electron chi connectivity index (χ0n) is 11.4. The molecule has 1 aromatic carbocycles. The topological polar surface area (TPSA) is 84.9 Å². The van der Waals surface area contributed by atoms with Gasteiger partial charge in [0.2, 0.25) is 5.91 Å². The normalized spacial score (nSPS) is 13.7. The summed E-state index contributed by atoms with van der Waals surface area (Å²) in [7, 11) is 0. The van der Waals surface area contributed by atoms with Crippen molar-refractivity contribution in [1.29, 1.82) is 0 Å². The quantitative estimate of drug-likeness (QED) is 0.856. The first-order valence-electron chi connectivity index (χ1n) is 6.31. The smallest absolute Gasteiger partial charge is 0.322 e. The zero-order valence-corrected chi connectivity index (χ0v) is 11.4. The lowest BCUT2D eigenvalue weighted by molar-refractivity contribution is -0.138. The summed E-state index contributed by atoms with van der Waals surface area (Å²) in [6.45, 7) is 4.05. The maximum Gasteiger partial charge on any atom is 0.322 e. The van der Waals surface area contributed by atoms with Crippen LogP contribution in [0, 0.1) is 0 Å². The summed E-state index contributed by atoms with van der Waals surface area (Å²) >= 11 is 0. The highest BCUT2D eigenvalue weighted by molar-refractivity contribution is 5.89. The van der Waals surface area contributed by atoms with Crippen LogP contribution >= 0.6 is 0 Å². The van der Waals surface area contributed by atoms with Crippen LogP contribution in [0.2, 0.25) is 0 Å². The Kier molecular flexibility index (Phi) is 3.83. The number of fused-ring (bicyclic) bond motifs is 1. The van der Waals surface area contributed by atoms with Crippen molar-refractivity contribution in [2.45, 2.75) is 19.3 Å². The van der Waals surface area contributed by atoms with Crippen molar-refractivity contribution < 1.29 is 24.2 Å². The second kappa shape index (κ2) is 5.40. The van der Waals surface area contributed by atoms with Crippen molar-refractivity contribution in [2.75, 3.05) is 19.8 Å². The molecule has 108 valence electrons. The molecule has 0 saturated heterocycles. The Morgan fingerprint density at radius 1 is 1.25 bits per heavy atom. The van der Waals surface area contributed by atoms with E-state index in [0.717, 1.165) is 5.56 Å². The molecular weight excluding hydrogens is 262 g/mol. The highest BCUT2D eigenvalue weighted by atomic mass is 16.6. The third kappa shape index (κ3) is 2.84. The standard InChI is InChI=1S/C14H17NO5/c1-14(2,13(18)15-8-12(16)17)9-3-4-10-11(7-9)20-6-5-19-10/h3-4,7H,5-6,8H2,1-2H3,(H,15,18)(H,16,17). The third-order valence-electron chi connectivity index (χ3n) is 3.23. The maximum atomic E-state index is 12.1. The van der Waals surface area contributed by atoms with E-state index in [-0.39, 0.29) is 5.91 Å². The number of carbonyl (C=O) groups excluding carboxylic acids is 1. The van der Waals surface area contributed by atoms with E-state index in [4.69, 9.17) is 14.6 Å². The van der Waals surface area contributed by atoms with E-state index in [1.807, 2.05) is 0 Å². The number of carboxylic acids is 1. The van der Waals surface area contributed by atoms with E-state index in [2.05, 4.69) is 5.32 Å². The highest BCUT2D eigenvalue weighted by Gasteiger charge is 2.31. The first-order valence-corrected chi connectivity index (χ1v) is 6.31. The molecule has 0 fully saturated rings. The molecule has 1 amide bonds. The van der Waals surface area contributed by atoms with Crippen molar-refractivity contribution in [3.63, 3.8) is 0 Å². The average molecular weight is 279 g/mol. The second-order valence-electron chi connectivity index (χ2n) is 5.06. The van der Waals surface area contributed by atoms with Crippen LogP contribution in [0.1, 0.15) is 19.4 Å². The number of carbonyl (C=O) groups is 2. The largest absolute Gasteiger partial charge is 0.486 e. The minimum Gasteiger partial charge on any atom is -0.486 e. The number of ether oxygens (including phenoxy) is 2. The van der Waals surface area contributed by atoms with Crippen LogP contribution in [0.4, 0.5) is 0 Å². The SMILES string of the molecule is CC(C)(C(=O)NCC(=O)O)c1ccc2c(c1)OCCO2. The van der Waals surface area contributed by atoms with Gasteiger partial charge in [0.25, 0.3) is 0 Å². The average Bonchev–Trinajstić information content (AvgIpc) is 2.44. The van der Waals surface area contributed by atoms with Crippen molar-refractivity contribution in [1.82, 2.24) is 5.32 Å². The number of hydrogen-bond donors (Lipinski definition) is 2. The van der Waals surface area contributed by atoms with E-state index in [9.17, 15) is 9.59 Å². The first-order chi connectivity index (χ1) is 9.41. The van der Waals surface area contributed by atoms with Gasteiger partial charge in [0.15, 0.2) is 11.5 Å². The lowest BCUT2D eigenvalue weighted by Crippen LogP contribution is -2.42. The molecule has 1 aliphatic heterocycles. The minimum atomic E-state index is -1.07. The second-order valence-corrected chi connectivity index (χ2v) is 5.06. The Hall–Kier alpha value is -2.24. The van der Waals surface area contributed by atoms with Gasteiger partial charge in [-0.1, -0.05) is 6.07 Å². The van der Waals surface area contributed by atoms with E-state index in [1.54, 1.807) is 32.0 Å². The van der Waals surface area contributed by atoms with Gasteiger partial charge < -0.3 is 19.9 Å². The lowest BCUT2D eigenvalue weighted by atomic mass is 9.83. The van der Waals surface area contributed by atoms with Crippen LogP contribution in [-0.2, 0) is 15.0 Å². The molecule has 0 unspecified atom stereocenters. The number of rotatable bonds is 4. The Labute approximate surface area is 116 Å². The summed E-state index contributed by atoms with van der Waals surface area (Å²) in [6, 6.07) is 5.30. The molecule has 20 heavy (non-hydrogen) atoms. The summed E-state index contributed by atoms with van der Waals surface area (Å²) < 4.78 is 10.9. The van der Waals surface area contributed by atoms with Crippen molar-refractivity contribution in [3.05, 3.63) is 23.8 Å². The van der Waals surface area contributed by atoms with Crippen LogP contribution in [0.25, 0.3) is 0 Å². The highest BCUT2D eigenvalue weighted by Crippen LogP contribution is 2.35. The predicted octanol–water partition coefficient (Wildman–Crippen LogP) is 0.936. The third-order valence-corrected chi connectivity index (χ3v) is 3.23. The fraction of sp³-hybridized carbons (Fsp3) is 0.429. The number of benzene rings is 1. The van der Waals surface area contributed by atoms with Gasteiger partial charge in [-0.2, -0.15) is 0 Å². The van der Waals surface area contributed by atoms with Gasteiger partial charge in [-0.25, -0.2) is 0 Å². The molecule has 0 aliphatic carbocycles. The van der Waals surface area contributed by atoms with E-state index >= 15 is 0 Å². The Morgan fingerprint density at radius 3 is 2.55 bits per heavy atom. The number of hydrogen-bond acceptors (Lipinski definition) is 4. The van der Waals surface area contributed by atoms with Gasteiger partial charge in [0, 0.05) is 0 Å². The van der Waals surface area contributed by atoms with Crippen molar-refractivity contribution in [3.8, 4) is 11.5 Å². The molecular formula is C14H17NO5. The van der Waals surface area contributed by atoms with E-state index in [0.29, 0.717) is 24.7 Å². The van der Waals surface area contributed by atoms with Gasteiger partial charge in [-0.15, -0.1) is 0 Å². The summed E-state index contributed by atoms with van der Waals surface area (Å²) in [5, 5.41) is 11.0. The maximum absolute atomic E-state index is 12.1. The Bertz CT molecular complexity index is 538. The molecule has 2 N–H and O–H groups in total. The molecule has 6 nitrogen and oxygen atoms in total. The van der Waals surface area contributed by atoms with Crippen molar-refractivity contribution in [2.24, 2.45) is 0 Å². The monoisotopic (exact) mass is 279 g/mol. The molecule has 0 atom stereocenters. The minimum absolute atomic E-state index is 0.350. The molecule has 0 saturated carbocycles.